The number of hydrogen-bond acceptors (Lipinski definition) is 4. The summed E-state index contributed by atoms with van der Waals surface area (Å²) in [6, 6.07) is 9.50. The van der Waals surface area contributed by atoms with E-state index >= 15 is 0 Å². The first-order valence-electron chi connectivity index (χ1n) is 9.39. The van der Waals surface area contributed by atoms with Crippen LogP contribution in [0.5, 0.6) is 0 Å². The predicted octanol–water partition coefficient (Wildman–Crippen LogP) is 5.02. The second kappa shape index (κ2) is 9.26. The average molecular weight is 347 g/mol. The molecule has 0 aliphatic heterocycles. The van der Waals surface area contributed by atoms with Crippen molar-refractivity contribution >= 4 is 0 Å². The van der Waals surface area contributed by atoms with E-state index in [2.05, 4.69) is 35.1 Å². The summed E-state index contributed by atoms with van der Waals surface area (Å²) < 4.78 is 5.92. The second-order valence-corrected chi connectivity index (χ2v) is 6.72. The molecule has 3 rings (SSSR count). The third-order valence-corrected chi connectivity index (χ3v) is 4.92. The highest BCUT2D eigenvalue weighted by Crippen LogP contribution is 2.33. The maximum Gasteiger partial charge on any atom is 0.159 e. The molecular formula is C22H25N3O. The Hall–Kier alpha value is -2.51. The van der Waals surface area contributed by atoms with Crippen LogP contribution in [0.4, 0.5) is 0 Å². The standard InChI is InChI=1S/C22H25N3O/c1-2-3-4-13-26-21-11-9-18(10-12-21)20-15-24-22(25-16-20)19-7-5-17(14-23)6-8-19/h3-8,15-16,18,21H,2,9-13H2,1H3/b4-3+. The summed E-state index contributed by atoms with van der Waals surface area (Å²) in [6.07, 6.45) is 14.1. The Balaban J connectivity index is 1.54. The Labute approximate surface area is 155 Å². The van der Waals surface area contributed by atoms with Gasteiger partial charge in [-0.2, -0.15) is 5.26 Å². The predicted molar refractivity (Wildman–Crippen MR) is 103 cm³/mol. The lowest BCUT2D eigenvalue weighted by molar-refractivity contribution is 0.0421. The number of ether oxygens (including phenoxy) is 1. The zero-order valence-electron chi connectivity index (χ0n) is 15.3. The number of rotatable bonds is 6. The molecule has 134 valence electrons. The van der Waals surface area contributed by atoms with Gasteiger partial charge >= 0.3 is 0 Å². The van der Waals surface area contributed by atoms with Gasteiger partial charge in [0.2, 0.25) is 0 Å². The molecule has 0 unspecified atom stereocenters. The first kappa shape index (κ1) is 18.3. The van der Waals surface area contributed by atoms with Crippen LogP contribution < -0.4 is 0 Å². The Morgan fingerprint density at radius 1 is 1.08 bits per heavy atom. The molecule has 1 aromatic heterocycles. The molecule has 0 amide bonds. The third-order valence-electron chi connectivity index (χ3n) is 4.92. The summed E-state index contributed by atoms with van der Waals surface area (Å²) in [4.78, 5) is 9.07. The van der Waals surface area contributed by atoms with Crippen LogP contribution in [-0.2, 0) is 4.74 Å². The van der Waals surface area contributed by atoms with Gasteiger partial charge in [-0.15, -0.1) is 0 Å². The Morgan fingerprint density at radius 2 is 1.77 bits per heavy atom. The molecule has 4 heteroatoms. The molecule has 4 nitrogen and oxygen atoms in total. The van der Waals surface area contributed by atoms with Gasteiger partial charge in [-0.25, -0.2) is 9.97 Å². The largest absolute Gasteiger partial charge is 0.374 e. The topological polar surface area (TPSA) is 58.8 Å². The summed E-state index contributed by atoms with van der Waals surface area (Å²) in [5.41, 5.74) is 2.80. The van der Waals surface area contributed by atoms with Gasteiger partial charge in [0.1, 0.15) is 0 Å². The zero-order chi connectivity index (χ0) is 18.2. The van der Waals surface area contributed by atoms with Crippen LogP contribution in [0.25, 0.3) is 11.4 Å². The van der Waals surface area contributed by atoms with Crippen LogP contribution >= 0.6 is 0 Å². The fourth-order valence-electron chi connectivity index (χ4n) is 3.38. The number of hydrogen-bond donors (Lipinski definition) is 0. The van der Waals surface area contributed by atoms with E-state index in [0.29, 0.717) is 23.4 Å². The van der Waals surface area contributed by atoms with Crippen LogP contribution in [0.3, 0.4) is 0 Å². The average Bonchev–Trinajstić information content (AvgIpc) is 2.72. The van der Waals surface area contributed by atoms with Gasteiger partial charge in [0.25, 0.3) is 0 Å². The normalized spacial score (nSPS) is 20.2. The summed E-state index contributed by atoms with van der Waals surface area (Å²) in [5, 5.41) is 8.88. The van der Waals surface area contributed by atoms with Crippen molar-refractivity contribution < 1.29 is 4.74 Å². The molecule has 1 aliphatic carbocycles. The summed E-state index contributed by atoms with van der Waals surface area (Å²) in [6.45, 7) is 2.86. The van der Waals surface area contributed by atoms with Gasteiger partial charge < -0.3 is 4.74 Å². The summed E-state index contributed by atoms with van der Waals surface area (Å²) in [7, 11) is 0. The third kappa shape index (κ3) is 4.77. The van der Waals surface area contributed by atoms with Gasteiger partial charge in [-0.1, -0.05) is 19.1 Å². The van der Waals surface area contributed by atoms with E-state index in [1.807, 2.05) is 24.5 Å². The minimum absolute atomic E-state index is 0.381. The van der Waals surface area contributed by atoms with Crippen molar-refractivity contribution in [2.45, 2.75) is 51.0 Å². The molecule has 1 aromatic carbocycles. The van der Waals surface area contributed by atoms with Gasteiger partial charge in [0.15, 0.2) is 5.82 Å². The van der Waals surface area contributed by atoms with E-state index in [4.69, 9.17) is 10.00 Å². The first-order chi connectivity index (χ1) is 12.8. The molecule has 0 atom stereocenters. The minimum atomic E-state index is 0.381. The molecule has 0 bridgehead atoms. The molecule has 26 heavy (non-hydrogen) atoms. The van der Waals surface area contributed by atoms with Crippen molar-refractivity contribution in [3.63, 3.8) is 0 Å². The monoisotopic (exact) mass is 347 g/mol. The van der Waals surface area contributed by atoms with Gasteiger partial charge in [0.05, 0.1) is 24.3 Å². The number of benzene rings is 1. The van der Waals surface area contributed by atoms with E-state index < -0.39 is 0 Å². The van der Waals surface area contributed by atoms with Crippen molar-refractivity contribution in [3.05, 3.63) is 59.9 Å². The second-order valence-electron chi connectivity index (χ2n) is 6.72. The molecule has 2 aromatic rings. The first-order valence-corrected chi connectivity index (χ1v) is 9.39. The Morgan fingerprint density at radius 3 is 2.38 bits per heavy atom. The molecule has 0 N–H and O–H groups in total. The Bertz CT molecular complexity index is 751. The lowest BCUT2D eigenvalue weighted by Gasteiger charge is -2.28. The van der Waals surface area contributed by atoms with Crippen LogP contribution in [0.1, 0.15) is 56.1 Å². The highest BCUT2D eigenvalue weighted by molar-refractivity contribution is 5.56. The fourth-order valence-corrected chi connectivity index (χ4v) is 3.38. The molecule has 1 saturated carbocycles. The van der Waals surface area contributed by atoms with Crippen LogP contribution in [0.2, 0.25) is 0 Å². The van der Waals surface area contributed by atoms with Gasteiger partial charge in [-0.3, -0.25) is 0 Å². The minimum Gasteiger partial charge on any atom is -0.374 e. The maximum atomic E-state index is 8.88. The number of nitriles is 1. The lowest BCUT2D eigenvalue weighted by atomic mass is 9.84. The van der Waals surface area contributed by atoms with E-state index in [9.17, 15) is 0 Å². The number of nitrogens with zero attached hydrogens (tertiary/aromatic N) is 3. The SMILES string of the molecule is CC/C=C/COC1CCC(c2cnc(-c3ccc(C#N)cc3)nc2)CC1. The summed E-state index contributed by atoms with van der Waals surface area (Å²) in [5.74, 6) is 1.23. The smallest absolute Gasteiger partial charge is 0.159 e. The molecular weight excluding hydrogens is 322 g/mol. The fraction of sp³-hybridized carbons (Fsp3) is 0.409. The highest BCUT2D eigenvalue weighted by atomic mass is 16.5. The number of allylic oxidation sites excluding steroid dienone is 1. The maximum absolute atomic E-state index is 8.88. The zero-order valence-corrected chi connectivity index (χ0v) is 15.3. The van der Waals surface area contributed by atoms with Crippen LogP contribution in [0, 0.1) is 11.3 Å². The quantitative estimate of drug-likeness (QED) is 0.688. The van der Waals surface area contributed by atoms with Crippen molar-refractivity contribution in [1.82, 2.24) is 9.97 Å². The molecule has 1 heterocycles. The number of aromatic nitrogens is 2. The Kier molecular flexibility index (Phi) is 6.51. The van der Waals surface area contributed by atoms with Crippen molar-refractivity contribution in [3.8, 4) is 17.5 Å². The van der Waals surface area contributed by atoms with E-state index in [1.165, 1.54) is 5.56 Å². The van der Waals surface area contributed by atoms with Crippen LogP contribution in [0.15, 0.2) is 48.8 Å². The van der Waals surface area contributed by atoms with Gasteiger partial charge in [-0.05, 0) is 67.9 Å². The molecule has 0 saturated heterocycles. The van der Waals surface area contributed by atoms with Gasteiger partial charge in [0, 0.05) is 18.0 Å². The van der Waals surface area contributed by atoms with E-state index in [1.54, 1.807) is 12.1 Å². The molecule has 0 radical (unpaired) electrons. The molecule has 1 fully saturated rings. The molecule has 0 spiro atoms. The summed E-state index contributed by atoms with van der Waals surface area (Å²) >= 11 is 0. The van der Waals surface area contributed by atoms with Crippen molar-refractivity contribution in [2.75, 3.05) is 6.61 Å². The van der Waals surface area contributed by atoms with Crippen LogP contribution in [-0.4, -0.2) is 22.7 Å². The molecule has 1 aliphatic rings. The van der Waals surface area contributed by atoms with Crippen molar-refractivity contribution in [2.24, 2.45) is 0 Å². The van der Waals surface area contributed by atoms with Crippen molar-refractivity contribution in [1.29, 1.82) is 5.26 Å². The van der Waals surface area contributed by atoms with E-state index in [0.717, 1.165) is 44.3 Å². The van der Waals surface area contributed by atoms with E-state index in [-0.39, 0.29) is 0 Å². The highest BCUT2D eigenvalue weighted by Gasteiger charge is 2.23. The lowest BCUT2D eigenvalue weighted by Crippen LogP contribution is -2.21.